The smallest absolute Gasteiger partial charge is 0.223 e. The molecule has 0 saturated heterocycles. The van der Waals surface area contributed by atoms with Crippen molar-refractivity contribution >= 4 is 5.91 Å². The minimum absolute atomic E-state index is 0.145. The summed E-state index contributed by atoms with van der Waals surface area (Å²) in [7, 11) is 0. The fraction of sp³-hybridized carbons (Fsp3) is 0.933. The molecule has 0 radical (unpaired) electrons. The van der Waals surface area contributed by atoms with Crippen molar-refractivity contribution in [1.29, 1.82) is 0 Å². The lowest BCUT2D eigenvalue weighted by Gasteiger charge is -2.33. The number of amides is 1. The van der Waals surface area contributed by atoms with E-state index in [0.717, 1.165) is 38.5 Å². The first-order valence-electron chi connectivity index (χ1n) is 7.53. The second-order valence-electron chi connectivity index (χ2n) is 6.63. The number of nitrogens with one attached hydrogen (secondary N) is 1. The highest BCUT2D eigenvalue weighted by molar-refractivity contribution is 5.79. The Labute approximate surface area is 110 Å². The standard InChI is InChI=1S/C15H27NO2/c1-10-7-11(2)9-12(8-10)15(18)16-13-3-5-14(17)6-4-13/h10-14,17H,3-9H2,1-2H3,(H,16,18). The maximum atomic E-state index is 12.3. The Morgan fingerprint density at radius 1 is 1.00 bits per heavy atom. The molecule has 0 aromatic heterocycles. The zero-order valence-electron chi connectivity index (χ0n) is 11.7. The van der Waals surface area contributed by atoms with Gasteiger partial charge in [-0.1, -0.05) is 13.8 Å². The summed E-state index contributed by atoms with van der Waals surface area (Å²) in [6.45, 7) is 4.51. The molecule has 18 heavy (non-hydrogen) atoms. The predicted molar refractivity (Wildman–Crippen MR) is 72.1 cm³/mol. The Bertz CT molecular complexity index is 274. The van der Waals surface area contributed by atoms with Gasteiger partial charge in [0, 0.05) is 12.0 Å². The Morgan fingerprint density at radius 3 is 2.11 bits per heavy atom. The summed E-state index contributed by atoms with van der Waals surface area (Å²) in [5, 5.41) is 12.7. The highest BCUT2D eigenvalue weighted by Crippen LogP contribution is 2.33. The molecule has 0 bridgehead atoms. The first-order chi connectivity index (χ1) is 8.54. The van der Waals surface area contributed by atoms with Gasteiger partial charge in [-0.25, -0.2) is 0 Å². The Hall–Kier alpha value is -0.570. The van der Waals surface area contributed by atoms with Crippen molar-refractivity contribution in [2.45, 2.75) is 70.9 Å². The first kappa shape index (κ1) is 13.9. The van der Waals surface area contributed by atoms with E-state index in [4.69, 9.17) is 0 Å². The van der Waals surface area contributed by atoms with Crippen LogP contribution in [0, 0.1) is 17.8 Å². The van der Waals surface area contributed by atoms with Crippen LogP contribution in [0.3, 0.4) is 0 Å². The van der Waals surface area contributed by atoms with Crippen LogP contribution in [0.4, 0.5) is 0 Å². The van der Waals surface area contributed by atoms with Gasteiger partial charge in [-0.2, -0.15) is 0 Å². The normalized spacial score (nSPS) is 41.4. The average molecular weight is 253 g/mol. The van der Waals surface area contributed by atoms with Crippen LogP contribution in [0.15, 0.2) is 0 Å². The maximum Gasteiger partial charge on any atom is 0.223 e. The van der Waals surface area contributed by atoms with Crippen LogP contribution in [-0.4, -0.2) is 23.2 Å². The zero-order valence-corrected chi connectivity index (χ0v) is 11.7. The fourth-order valence-corrected chi connectivity index (χ4v) is 3.70. The zero-order chi connectivity index (χ0) is 13.1. The Balaban J connectivity index is 1.80. The van der Waals surface area contributed by atoms with Gasteiger partial charge in [0.05, 0.1) is 6.10 Å². The van der Waals surface area contributed by atoms with Crippen molar-refractivity contribution in [2.24, 2.45) is 17.8 Å². The van der Waals surface area contributed by atoms with E-state index in [0.29, 0.717) is 17.9 Å². The summed E-state index contributed by atoms with van der Waals surface area (Å²) >= 11 is 0. The molecule has 2 atom stereocenters. The van der Waals surface area contributed by atoms with Gasteiger partial charge in [-0.3, -0.25) is 4.79 Å². The number of carbonyl (C=O) groups excluding carboxylic acids is 1. The van der Waals surface area contributed by atoms with E-state index in [1.54, 1.807) is 0 Å². The van der Waals surface area contributed by atoms with Gasteiger partial charge in [-0.05, 0) is 56.8 Å². The Morgan fingerprint density at radius 2 is 1.56 bits per heavy atom. The lowest BCUT2D eigenvalue weighted by molar-refractivity contribution is -0.128. The highest BCUT2D eigenvalue weighted by atomic mass is 16.3. The molecule has 1 amide bonds. The van der Waals surface area contributed by atoms with Crippen LogP contribution < -0.4 is 5.32 Å². The van der Waals surface area contributed by atoms with Crippen molar-refractivity contribution in [3.05, 3.63) is 0 Å². The third-order valence-electron chi connectivity index (χ3n) is 4.59. The van der Waals surface area contributed by atoms with Crippen molar-refractivity contribution in [3.63, 3.8) is 0 Å². The van der Waals surface area contributed by atoms with Crippen LogP contribution in [-0.2, 0) is 4.79 Å². The van der Waals surface area contributed by atoms with E-state index in [2.05, 4.69) is 19.2 Å². The Kier molecular flexibility index (Phi) is 4.66. The minimum Gasteiger partial charge on any atom is -0.393 e. The van der Waals surface area contributed by atoms with Crippen LogP contribution >= 0.6 is 0 Å². The molecule has 2 fully saturated rings. The van der Waals surface area contributed by atoms with Gasteiger partial charge in [0.2, 0.25) is 5.91 Å². The summed E-state index contributed by atoms with van der Waals surface area (Å²) in [4.78, 5) is 12.3. The molecule has 0 aromatic rings. The fourth-order valence-electron chi connectivity index (χ4n) is 3.70. The van der Waals surface area contributed by atoms with Gasteiger partial charge in [-0.15, -0.1) is 0 Å². The van der Waals surface area contributed by atoms with Crippen molar-refractivity contribution in [2.75, 3.05) is 0 Å². The van der Waals surface area contributed by atoms with Crippen LogP contribution in [0.2, 0.25) is 0 Å². The molecule has 2 N–H and O–H groups in total. The lowest BCUT2D eigenvalue weighted by Crippen LogP contribution is -2.43. The molecule has 2 saturated carbocycles. The third-order valence-corrected chi connectivity index (χ3v) is 4.59. The molecule has 3 nitrogen and oxygen atoms in total. The quantitative estimate of drug-likeness (QED) is 0.794. The molecule has 0 aromatic carbocycles. The van der Waals surface area contributed by atoms with Crippen LogP contribution in [0.1, 0.15) is 58.8 Å². The highest BCUT2D eigenvalue weighted by Gasteiger charge is 2.30. The summed E-state index contributed by atoms with van der Waals surface area (Å²) in [5.74, 6) is 1.83. The number of aliphatic hydroxyl groups is 1. The summed E-state index contributed by atoms with van der Waals surface area (Å²) in [6.07, 6.45) is 6.75. The summed E-state index contributed by atoms with van der Waals surface area (Å²) in [6, 6.07) is 0.299. The SMILES string of the molecule is CC1CC(C)CC(C(=O)NC2CCC(O)CC2)C1. The maximum absolute atomic E-state index is 12.3. The van der Waals surface area contributed by atoms with Crippen molar-refractivity contribution < 1.29 is 9.90 Å². The van der Waals surface area contributed by atoms with E-state index in [1.807, 2.05) is 0 Å². The largest absolute Gasteiger partial charge is 0.393 e. The van der Waals surface area contributed by atoms with Gasteiger partial charge in [0.25, 0.3) is 0 Å². The van der Waals surface area contributed by atoms with Gasteiger partial charge >= 0.3 is 0 Å². The topological polar surface area (TPSA) is 49.3 Å². The number of hydrogen-bond acceptors (Lipinski definition) is 2. The number of aliphatic hydroxyl groups excluding tert-OH is 1. The molecule has 0 heterocycles. The summed E-state index contributed by atoms with van der Waals surface area (Å²) < 4.78 is 0. The van der Waals surface area contributed by atoms with Crippen molar-refractivity contribution in [3.8, 4) is 0 Å². The second kappa shape index (κ2) is 6.05. The average Bonchev–Trinajstić information content (AvgIpc) is 2.31. The van der Waals surface area contributed by atoms with E-state index < -0.39 is 0 Å². The van der Waals surface area contributed by atoms with E-state index in [9.17, 15) is 9.90 Å². The van der Waals surface area contributed by atoms with Crippen LogP contribution in [0.25, 0.3) is 0 Å². The van der Waals surface area contributed by atoms with Gasteiger partial charge in [0.1, 0.15) is 0 Å². The van der Waals surface area contributed by atoms with E-state index >= 15 is 0 Å². The van der Waals surface area contributed by atoms with E-state index in [1.165, 1.54) is 6.42 Å². The minimum atomic E-state index is -0.145. The number of carbonyl (C=O) groups is 1. The summed E-state index contributed by atoms with van der Waals surface area (Å²) in [5.41, 5.74) is 0. The monoisotopic (exact) mass is 253 g/mol. The predicted octanol–water partition coefficient (Wildman–Crippen LogP) is 2.48. The first-order valence-corrected chi connectivity index (χ1v) is 7.53. The van der Waals surface area contributed by atoms with Gasteiger partial charge < -0.3 is 10.4 Å². The molecule has 104 valence electrons. The molecule has 2 aliphatic rings. The number of hydrogen-bond donors (Lipinski definition) is 2. The van der Waals surface area contributed by atoms with Crippen LogP contribution in [0.5, 0.6) is 0 Å². The molecule has 3 heteroatoms. The molecule has 2 aliphatic carbocycles. The van der Waals surface area contributed by atoms with E-state index in [-0.39, 0.29) is 17.9 Å². The van der Waals surface area contributed by atoms with Crippen molar-refractivity contribution in [1.82, 2.24) is 5.32 Å². The molecule has 0 spiro atoms. The number of rotatable bonds is 2. The molecule has 2 rings (SSSR count). The molecular weight excluding hydrogens is 226 g/mol. The molecule has 2 unspecified atom stereocenters. The van der Waals surface area contributed by atoms with Gasteiger partial charge in [0.15, 0.2) is 0 Å². The lowest BCUT2D eigenvalue weighted by atomic mass is 9.76. The second-order valence-corrected chi connectivity index (χ2v) is 6.63. The molecular formula is C15H27NO2. The molecule has 0 aliphatic heterocycles. The third kappa shape index (κ3) is 3.71.